The van der Waals surface area contributed by atoms with E-state index in [-0.39, 0.29) is 10.8 Å². The summed E-state index contributed by atoms with van der Waals surface area (Å²) in [5.41, 5.74) is 2.16. The Kier molecular flexibility index (Phi) is 3.36. The molecule has 0 saturated carbocycles. The standard InChI is InChI=1S/C15H10BrClN2O/c1-9-2-7-13-12(8-9)14(20)19(15(17)18-13)11-5-3-10(16)4-6-11/h2-8H,1H3. The van der Waals surface area contributed by atoms with Crippen molar-refractivity contribution in [3.8, 4) is 5.69 Å². The molecule has 0 spiro atoms. The van der Waals surface area contributed by atoms with E-state index >= 15 is 0 Å². The van der Waals surface area contributed by atoms with Crippen LogP contribution in [0.2, 0.25) is 5.28 Å². The van der Waals surface area contributed by atoms with Gasteiger partial charge in [-0.15, -0.1) is 0 Å². The molecular formula is C15H10BrClN2O. The molecule has 0 fully saturated rings. The summed E-state index contributed by atoms with van der Waals surface area (Å²) in [5, 5.41) is 0.728. The molecule has 3 rings (SSSR count). The molecule has 0 aliphatic rings. The first-order chi connectivity index (χ1) is 9.56. The highest BCUT2D eigenvalue weighted by molar-refractivity contribution is 9.10. The van der Waals surface area contributed by atoms with E-state index in [1.165, 1.54) is 4.57 Å². The second kappa shape index (κ2) is 5.04. The maximum Gasteiger partial charge on any atom is 0.266 e. The Hall–Kier alpha value is -1.65. The average molecular weight is 350 g/mol. The monoisotopic (exact) mass is 348 g/mol. The van der Waals surface area contributed by atoms with Crippen LogP contribution in [0.25, 0.3) is 16.6 Å². The van der Waals surface area contributed by atoms with Crippen molar-refractivity contribution in [1.29, 1.82) is 0 Å². The topological polar surface area (TPSA) is 34.9 Å². The Bertz CT molecular complexity index is 856. The fourth-order valence-corrected chi connectivity index (χ4v) is 2.62. The van der Waals surface area contributed by atoms with Crippen molar-refractivity contribution >= 4 is 38.4 Å². The number of fused-ring (bicyclic) bond motifs is 1. The molecular weight excluding hydrogens is 340 g/mol. The van der Waals surface area contributed by atoms with Crippen LogP contribution in [0.4, 0.5) is 0 Å². The molecule has 100 valence electrons. The average Bonchev–Trinajstić information content (AvgIpc) is 2.42. The van der Waals surface area contributed by atoms with Gasteiger partial charge in [0, 0.05) is 4.47 Å². The van der Waals surface area contributed by atoms with E-state index in [1.54, 1.807) is 0 Å². The van der Waals surface area contributed by atoms with Crippen LogP contribution in [-0.2, 0) is 0 Å². The molecule has 0 radical (unpaired) electrons. The molecule has 3 aromatic rings. The van der Waals surface area contributed by atoms with Gasteiger partial charge in [-0.1, -0.05) is 27.6 Å². The van der Waals surface area contributed by atoms with E-state index in [9.17, 15) is 4.79 Å². The van der Waals surface area contributed by atoms with E-state index < -0.39 is 0 Å². The minimum Gasteiger partial charge on any atom is -0.268 e. The predicted molar refractivity (Wildman–Crippen MR) is 84.8 cm³/mol. The normalized spacial score (nSPS) is 10.9. The molecule has 0 aliphatic carbocycles. The Morgan fingerprint density at radius 1 is 1.15 bits per heavy atom. The van der Waals surface area contributed by atoms with E-state index in [0.29, 0.717) is 16.6 Å². The summed E-state index contributed by atoms with van der Waals surface area (Å²) in [4.78, 5) is 16.9. The van der Waals surface area contributed by atoms with Gasteiger partial charge >= 0.3 is 0 Å². The van der Waals surface area contributed by atoms with E-state index in [4.69, 9.17) is 11.6 Å². The lowest BCUT2D eigenvalue weighted by atomic mass is 10.1. The molecule has 0 bridgehead atoms. The Morgan fingerprint density at radius 2 is 1.85 bits per heavy atom. The lowest BCUT2D eigenvalue weighted by Gasteiger charge is -2.09. The van der Waals surface area contributed by atoms with Gasteiger partial charge < -0.3 is 0 Å². The van der Waals surface area contributed by atoms with Crippen molar-refractivity contribution in [2.45, 2.75) is 6.92 Å². The quantitative estimate of drug-likeness (QED) is 0.620. The summed E-state index contributed by atoms with van der Waals surface area (Å²) in [6.45, 7) is 1.94. The smallest absolute Gasteiger partial charge is 0.266 e. The molecule has 0 saturated heterocycles. The summed E-state index contributed by atoms with van der Waals surface area (Å²) in [6, 6.07) is 12.9. The number of hydrogen-bond donors (Lipinski definition) is 0. The largest absolute Gasteiger partial charge is 0.268 e. The molecule has 0 unspecified atom stereocenters. The first-order valence-electron chi connectivity index (χ1n) is 6.01. The van der Waals surface area contributed by atoms with Crippen LogP contribution < -0.4 is 5.56 Å². The third-order valence-electron chi connectivity index (χ3n) is 3.07. The maximum atomic E-state index is 12.6. The summed E-state index contributed by atoms with van der Waals surface area (Å²) in [6.07, 6.45) is 0. The summed E-state index contributed by atoms with van der Waals surface area (Å²) >= 11 is 9.53. The number of rotatable bonds is 1. The number of halogens is 2. The Balaban J connectivity index is 2.36. The third kappa shape index (κ3) is 2.25. The minimum absolute atomic E-state index is 0.161. The van der Waals surface area contributed by atoms with Crippen LogP contribution in [0.3, 0.4) is 0 Å². The fourth-order valence-electron chi connectivity index (χ4n) is 2.09. The SMILES string of the molecule is Cc1ccc2nc(Cl)n(-c3ccc(Br)cc3)c(=O)c2c1. The zero-order chi connectivity index (χ0) is 14.3. The van der Waals surface area contributed by atoms with Gasteiger partial charge in [0.2, 0.25) is 5.28 Å². The number of aryl methyl sites for hydroxylation is 1. The molecule has 0 atom stereocenters. The van der Waals surface area contributed by atoms with Crippen LogP contribution in [0.5, 0.6) is 0 Å². The lowest BCUT2D eigenvalue weighted by molar-refractivity contribution is 0.963. The summed E-state index contributed by atoms with van der Waals surface area (Å²) < 4.78 is 2.35. The zero-order valence-corrected chi connectivity index (χ0v) is 12.9. The Morgan fingerprint density at radius 3 is 2.55 bits per heavy atom. The summed E-state index contributed by atoms with van der Waals surface area (Å²) in [5.74, 6) is 0. The zero-order valence-electron chi connectivity index (χ0n) is 10.6. The van der Waals surface area contributed by atoms with Crippen molar-refractivity contribution in [2.24, 2.45) is 0 Å². The number of aromatic nitrogens is 2. The van der Waals surface area contributed by atoms with Crippen LogP contribution in [0.1, 0.15) is 5.56 Å². The number of nitrogens with zero attached hydrogens (tertiary/aromatic N) is 2. The van der Waals surface area contributed by atoms with Crippen molar-refractivity contribution in [1.82, 2.24) is 9.55 Å². The number of hydrogen-bond acceptors (Lipinski definition) is 2. The van der Waals surface area contributed by atoms with Crippen LogP contribution in [0.15, 0.2) is 51.7 Å². The predicted octanol–water partition coefficient (Wildman–Crippen LogP) is 4.11. The highest BCUT2D eigenvalue weighted by Crippen LogP contribution is 2.19. The van der Waals surface area contributed by atoms with Gasteiger partial charge in [0.1, 0.15) is 0 Å². The summed E-state index contributed by atoms with van der Waals surface area (Å²) in [7, 11) is 0. The second-order valence-corrected chi connectivity index (χ2v) is 5.77. The van der Waals surface area contributed by atoms with Crippen LogP contribution in [0, 0.1) is 6.92 Å². The van der Waals surface area contributed by atoms with Gasteiger partial charge in [-0.05, 0) is 54.9 Å². The maximum absolute atomic E-state index is 12.6. The van der Waals surface area contributed by atoms with Gasteiger partial charge in [-0.2, -0.15) is 0 Å². The molecule has 1 heterocycles. The second-order valence-electron chi connectivity index (χ2n) is 4.52. The highest BCUT2D eigenvalue weighted by Gasteiger charge is 2.11. The molecule has 20 heavy (non-hydrogen) atoms. The van der Waals surface area contributed by atoms with Crippen LogP contribution in [-0.4, -0.2) is 9.55 Å². The van der Waals surface area contributed by atoms with Crippen LogP contribution >= 0.6 is 27.5 Å². The van der Waals surface area contributed by atoms with Gasteiger partial charge in [-0.3, -0.25) is 9.36 Å². The molecule has 0 aliphatic heterocycles. The van der Waals surface area contributed by atoms with Gasteiger partial charge in [0.15, 0.2) is 0 Å². The molecule has 0 N–H and O–H groups in total. The minimum atomic E-state index is -0.161. The van der Waals surface area contributed by atoms with E-state index in [2.05, 4.69) is 20.9 Å². The van der Waals surface area contributed by atoms with Crippen molar-refractivity contribution in [3.63, 3.8) is 0 Å². The molecule has 0 amide bonds. The first-order valence-corrected chi connectivity index (χ1v) is 7.18. The third-order valence-corrected chi connectivity index (χ3v) is 3.85. The van der Waals surface area contributed by atoms with Gasteiger partial charge in [0.05, 0.1) is 16.6 Å². The van der Waals surface area contributed by atoms with E-state index in [1.807, 2.05) is 49.4 Å². The van der Waals surface area contributed by atoms with Gasteiger partial charge in [0.25, 0.3) is 5.56 Å². The molecule has 1 aromatic heterocycles. The molecule has 2 aromatic carbocycles. The Labute approximate surface area is 129 Å². The highest BCUT2D eigenvalue weighted by atomic mass is 79.9. The first kappa shape index (κ1) is 13.3. The van der Waals surface area contributed by atoms with Crippen molar-refractivity contribution in [3.05, 3.63) is 68.1 Å². The van der Waals surface area contributed by atoms with Gasteiger partial charge in [-0.25, -0.2) is 4.98 Å². The molecule has 5 heteroatoms. The lowest BCUT2D eigenvalue weighted by Crippen LogP contribution is -2.20. The van der Waals surface area contributed by atoms with E-state index in [0.717, 1.165) is 10.0 Å². The van der Waals surface area contributed by atoms with Crippen molar-refractivity contribution < 1.29 is 0 Å². The number of benzene rings is 2. The molecule has 3 nitrogen and oxygen atoms in total. The fraction of sp³-hybridized carbons (Fsp3) is 0.0667. The van der Waals surface area contributed by atoms with Crippen molar-refractivity contribution in [2.75, 3.05) is 0 Å².